The number of carbonyl (C=O) groups excluding carboxylic acids is 1. The van der Waals surface area contributed by atoms with Crippen molar-refractivity contribution < 1.29 is 32.6 Å². The van der Waals surface area contributed by atoms with Gasteiger partial charge in [-0.05, 0) is 43.7 Å². The SMILES string of the molecule is O=C(NCC1CC1)C1CN(C2CCOCC2)Cc2cccn2C1.O=C(O)C(F)(F)F. The summed E-state index contributed by atoms with van der Waals surface area (Å²) in [6.45, 7) is 5.18. The van der Waals surface area contributed by atoms with Crippen LogP contribution in [-0.4, -0.2) is 65.0 Å². The molecule has 0 radical (unpaired) electrons. The van der Waals surface area contributed by atoms with Gasteiger partial charge in [0.25, 0.3) is 0 Å². The molecule has 30 heavy (non-hydrogen) atoms. The molecule has 1 aliphatic carbocycles. The fourth-order valence-corrected chi connectivity index (χ4v) is 3.83. The van der Waals surface area contributed by atoms with E-state index >= 15 is 0 Å². The number of nitrogens with zero attached hydrogens (tertiary/aromatic N) is 2. The predicted molar refractivity (Wildman–Crippen MR) is 102 cm³/mol. The molecule has 0 spiro atoms. The topological polar surface area (TPSA) is 83.8 Å². The second-order valence-corrected chi connectivity index (χ2v) is 8.11. The van der Waals surface area contributed by atoms with Gasteiger partial charge in [-0.1, -0.05) is 0 Å². The van der Waals surface area contributed by atoms with E-state index in [-0.39, 0.29) is 11.8 Å². The highest BCUT2D eigenvalue weighted by Gasteiger charge is 2.38. The van der Waals surface area contributed by atoms with Crippen LogP contribution in [0.1, 0.15) is 31.4 Å². The zero-order chi connectivity index (χ0) is 21.7. The molecular weight excluding hydrogens is 403 g/mol. The molecule has 1 atom stereocenters. The molecule has 0 bridgehead atoms. The van der Waals surface area contributed by atoms with Gasteiger partial charge in [0.2, 0.25) is 5.91 Å². The molecule has 3 aliphatic rings. The number of hydrogen-bond donors (Lipinski definition) is 2. The molecule has 2 N–H and O–H groups in total. The molecule has 1 saturated carbocycles. The summed E-state index contributed by atoms with van der Waals surface area (Å²) in [7, 11) is 0. The number of alkyl halides is 3. The van der Waals surface area contributed by atoms with E-state index in [0.29, 0.717) is 6.04 Å². The van der Waals surface area contributed by atoms with Crippen molar-refractivity contribution in [1.82, 2.24) is 14.8 Å². The lowest BCUT2D eigenvalue weighted by Crippen LogP contribution is -2.44. The summed E-state index contributed by atoms with van der Waals surface area (Å²) < 4.78 is 39.5. The Morgan fingerprint density at radius 3 is 2.43 bits per heavy atom. The van der Waals surface area contributed by atoms with Crippen molar-refractivity contribution in [3.05, 3.63) is 24.0 Å². The average molecular weight is 431 g/mol. The Hall–Kier alpha value is -2.07. The molecule has 3 heterocycles. The quantitative estimate of drug-likeness (QED) is 0.764. The number of aromatic nitrogens is 1. The highest BCUT2D eigenvalue weighted by molar-refractivity contribution is 5.79. The first kappa shape index (κ1) is 22.6. The van der Waals surface area contributed by atoms with E-state index in [1.54, 1.807) is 0 Å². The molecule has 1 amide bonds. The van der Waals surface area contributed by atoms with Crippen molar-refractivity contribution in [3.8, 4) is 0 Å². The minimum Gasteiger partial charge on any atom is -0.475 e. The van der Waals surface area contributed by atoms with Gasteiger partial charge in [0, 0.05) is 57.3 Å². The maximum atomic E-state index is 12.7. The summed E-state index contributed by atoms with van der Waals surface area (Å²) in [4.78, 5) is 24.1. The Labute approximate surface area is 173 Å². The van der Waals surface area contributed by atoms with Gasteiger partial charge < -0.3 is 19.7 Å². The number of carbonyl (C=O) groups is 2. The van der Waals surface area contributed by atoms with Crippen molar-refractivity contribution in [3.63, 3.8) is 0 Å². The normalized spacial score (nSPS) is 23.0. The van der Waals surface area contributed by atoms with Crippen LogP contribution in [0.5, 0.6) is 0 Å². The third kappa shape index (κ3) is 6.46. The van der Waals surface area contributed by atoms with Gasteiger partial charge in [-0.2, -0.15) is 13.2 Å². The number of aliphatic carboxylic acids is 1. The van der Waals surface area contributed by atoms with E-state index in [0.717, 1.165) is 58.2 Å². The van der Waals surface area contributed by atoms with E-state index in [1.165, 1.54) is 18.5 Å². The van der Waals surface area contributed by atoms with Gasteiger partial charge in [0.15, 0.2) is 0 Å². The van der Waals surface area contributed by atoms with Gasteiger partial charge in [-0.25, -0.2) is 4.79 Å². The molecule has 10 heteroatoms. The van der Waals surface area contributed by atoms with E-state index < -0.39 is 12.1 Å². The van der Waals surface area contributed by atoms with Gasteiger partial charge >= 0.3 is 12.1 Å². The Balaban J connectivity index is 0.000000318. The molecule has 7 nitrogen and oxygen atoms in total. The molecule has 1 aromatic heterocycles. The van der Waals surface area contributed by atoms with Crippen LogP contribution in [0.3, 0.4) is 0 Å². The molecule has 168 valence electrons. The number of carboxylic acid groups (broad SMARTS) is 1. The van der Waals surface area contributed by atoms with Gasteiger partial charge in [0.1, 0.15) is 0 Å². The van der Waals surface area contributed by atoms with E-state index in [9.17, 15) is 18.0 Å². The van der Waals surface area contributed by atoms with Crippen molar-refractivity contribution in [2.24, 2.45) is 11.8 Å². The first-order valence-corrected chi connectivity index (χ1v) is 10.3. The zero-order valence-electron chi connectivity index (χ0n) is 16.7. The number of amides is 1. The third-order valence-corrected chi connectivity index (χ3v) is 5.74. The van der Waals surface area contributed by atoms with Crippen LogP contribution in [0, 0.1) is 11.8 Å². The molecule has 2 aliphatic heterocycles. The summed E-state index contributed by atoms with van der Waals surface area (Å²) in [5, 5.41) is 10.3. The predicted octanol–water partition coefficient (Wildman–Crippen LogP) is 2.26. The van der Waals surface area contributed by atoms with Crippen LogP contribution >= 0.6 is 0 Å². The van der Waals surface area contributed by atoms with Crippen LogP contribution in [0.4, 0.5) is 13.2 Å². The summed E-state index contributed by atoms with van der Waals surface area (Å²) in [5.41, 5.74) is 1.33. The highest BCUT2D eigenvalue weighted by atomic mass is 19.4. The number of fused-ring (bicyclic) bond motifs is 1. The van der Waals surface area contributed by atoms with Crippen molar-refractivity contribution in [2.45, 2.75) is 51.0 Å². The summed E-state index contributed by atoms with van der Waals surface area (Å²) in [6.07, 6.45) is 1.75. The third-order valence-electron chi connectivity index (χ3n) is 5.74. The molecule has 1 unspecified atom stereocenters. The Morgan fingerprint density at radius 1 is 1.17 bits per heavy atom. The number of hydrogen-bond acceptors (Lipinski definition) is 4. The Bertz CT molecular complexity index is 727. The fraction of sp³-hybridized carbons (Fsp3) is 0.700. The standard InChI is InChI=1S/C18H27N3O2.C2HF3O2/c22-18(19-10-14-3-4-14)15-11-20-7-1-2-17(20)13-21(12-15)16-5-8-23-9-6-16;3-2(4,5)1(6)7/h1-2,7,14-16H,3-6,8-13H2,(H,19,22);(H,6,7). The number of carboxylic acids is 1. The molecule has 1 saturated heterocycles. The number of halogens is 3. The molecule has 2 fully saturated rings. The maximum absolute atomic E-state index is 12.7. The van der Waals surface area contributed by atoms with E-state index in [1.807, 2.05) is 0 Å². The lowest BCUT2D eigenvalue weighted by molar-refractivity contribution is -0.192. The summed E-state index contributed by atoms with van der Waals surface area (Å²) >= 11 is 0. The Kier molecular flexibility index (Phi) is 7.41. The van der Waals surface area contributed by atoms with Gasteiger partial charge in [-0.3, -0.25) is 9.69 Å². The van der Waals surface area contributed by atoms with Crippen LogP contribution < -0.4 is 5.32 Å². The molecule has 1 aromatic rings. The Morgan fingerprint density at radius 2 is 1.83 bits per heavy atom. The maximum Gasteiger partial charge on any atom is 0.490 e. The summed E-state index contributed by atoms with van der Waals surface area (Å²) in [5.74, 6) is -1.74. The van der Waals surface area contributed by atoms with Crippen molar-refractivity contribution in [2.75, 3.05) is 26.3 Å². The van der Waals surface area contributed by atoms with Crippen molar-refractivity contribution in [1.29, 1.82) is 0 Å². The van der Waals surface area contributed by atoms with E-state index in [2.05, 4.69) is 33.1 Å². The van der Waals surface area contributed by atoms with E-state index in [4.69, 9.17) is 14.6 Å². The van der Waals surface area contributed by atoms with Gasteiger partial charge in [0.05, 0.1) is 5.92 Å². The monoisotopic (exact) mass is 431 g/mol. The van der Waals surface area contributed by atoms with Crippen LogP contribution in [0.2, 0.25) is 0 Å². The number of ether oxygens (including phenoxy) is 1. The van der Waals surface area contributed by atoms with Crippen LogP contribution in [-0.2, 0) is 27.4 Å². The summed E-state index contributed by atoms with van der Waals surface area (Å²) in [6, 6.07) is 4.84. The second-order valence-electron chi connectivity index (χ2n) is 8.11. The average Bonchev–Trinajstić information content (AvgIpc) is 3.48. The minimum atomic E-state index is -5.08. The first-order valence-electron chi connectivity index (χ1n) is 10.3. The molecule has 0 aromatic carbocycles. The number of rotatable bonds is 4. The smallest absolute Gasteiger partial charge is 0.475 e. The van der Waals surface area contributed by atoms with Crippen LogP contribution in [0.15, 0.2) is 18.3 Å². The van der Waals surface area contributed by atoms with Crippen molar-refractivity contribution >= 4 is 11.9 Å². The molecular formula is C20H28F3N3O4. The lowest BCUT2D eigenvalue weighted by Gasteiger charge is -2.34. The zero-order valence-corrected chi connectivity index (χ0v) is 16.7. The second kappa shape index (κ2) is 9.82. The highest BCUT2D eigenvalue weighted by Crippen LogP contribution is 2.28. The number of nitrogens with one attached hydrogen (secondary N) is 1. The van der Waals surface area contributed by atoms with Gasteiger partial charge in [-0.15, -0.1) is 0 Å². The lowest BCUT2D eigenvalue weighted by atomic mass is 10.0. The first-order chi connectivity index (χ1) is 14.2. The largest absolute Gasteiger partial charge is 0.490 e. The van der Waals surface area contributed by atoms with Crippen LogP contribution in [0.25, 0.3) is 0 Å². The fourth-order valence-electron chi connectivity index (χ4n) is 3.83. The molecule has 4 rings (SSSR count). The minimum absolute atomic E-state index is 0.0465.